The first kappa shape index (κ1) is 15.9. The lowest BCUT2D eigenvalue weighted by Gasteiger charge is -2.13. The minimum Gasteiger partial charge on any atom is -0.480 e. The highest BCUT2D eigenvalue weighted by atomic mass is 35.5. The average Bonchev–Trinajstić information content (AvgIpc) is 2.42. The number of aliphatic carboxylic acids is 1. The van der Waals surface area contributed by atoms with E-state index in [0.717, 1.165) is 0 Å². The summed E-state index contributed by atoms with van der Waals surface area (Å²) in [4.78, 5) is 37.6. The summed E-state index contributed by atoms with van der Waals surface area (Å²) in [6, 6.07) is 1.53. The molecular weight excluding hydrogens is 288 g/mol. The Morgan fingerprint density at radius 1 is 1.50 bits per heavy atom. The third-order valence-electron chi connectivity index (χ3n) is 2.46. The van der Waals surface area contributed by atoms with Crippen LogP contribution in [0.15, 0.2) is 18.3 Å². The lowest BCUT2D eigenvalue weighted by molar-refractivity contribution is -0.142. The predicted octanol–water partition coefficient (Wildman–Crippen LogP) is 0.871. The number of carbonyl (C=O) groups is 3. The number of hydrogen-bond donors (Lipinski definition) is 2. The Bertz CT molecular complexity index is 520. The maximum Gasteiger partial charge on any atom is 0.326 e. The Morgan fingerprint density at radius 2 is 2.20 bits per heavy atom. The van der Waals surface area contributed by atoms with Gasteiger partial charge in [0.15, 0.2) is 0 Å². The maximum atomic E-state index is 11.8. The molecule has 1 atom stereocenters. The fourth-order valence-electron chi connectivity index (χ4n) is 1.41. The summed E-state index contributed by atoms with van der Waals surface area (Å²) in [5.41, 5.74) is 0.189. The van der Waals surface area contributed by atoms with Crippen LogP contribution in [0.2, 0.25) is 5.15 Å². The molecule has 20 heavy (non-hydrogen) atoms. The number of carboxylic acid groups (broad SMARTS) is 1. The molecule has 1 rings (SSSR count). The third kappa shape index (κ3) is 4.85. The van der Waals surface area contributed by atoms with Crippen molar-refractivity contribution in [2.45, 2.75) is 18.9 Å². The van der Waals surface area contributed by atoms with E-state index in [1.54, 1.807) is 0 Å². The number of aromatic nitrogens is 1. The number of rotatable bonds is 6. The van der Waals surface area contributed by atoms with Crippen molar-refractivity contribution in [2.24, 2.45) is 0 Å². The Balaban J connectivity index is 2.68. The molecule has 0 aliphatic carbocycles. The van der Waals surface area contributed by atoms with Crippen molar-refractivity contribution < 1.29 is 24.2 Å². The maximum absolute atomic E-state index is 11.8. The van der Waals surface area contributed by atoms with E-state index in [1.807, 2.05) is 0 Å². The van der Waals surface area contributed by atoms with Crippen LogP contribution in [-0.4, -0.2) is 41.1 Å². The molecule has 108 valence electrons. The minimum atomic E-state index is -1.23. The smallest absolute Gasteiger partial charge is 0.326 e. The van der Waals surface area contributed by atoms with Gasteiger partial charge in [-0.15, -0.1) is 0 Å². The molecule has 0 saturated heterocycles. The van der Waals surface area contributed by atoms with Gasteiger partial charge in [0.05, 0.1) is 7.11 Å². The molecule has 1 amide bonds. The zero-order valence-electron chi connectivity index (χ0n) is 10.6. The molecule has 1 aromatic rings. The molecule has 0 fully saturated rings. The van der Waals surface area contributed by atoms with E-state index in [2.05, 4.69) is 15.0 Å². The number of methoxy groups -OCH3 is 1. The van der Waals surface area contributed by atoms with Crippen molar-refractivity contribution in [3.8, 4) is 0 Å². The molecule has 0 spiro atoms. The first-order valence-electron chi connectivity index (χ1n) is 5.66. The average molecular weight is 301 g/mol. The van der Waals surface area contributed by atoms with Gasteiger partial charge in [-0.25, -0.2) is 9.78 Å². The summed E-state index contributed by atoms with van der Waals surface area (Å²) in [6.45, 7) is 0. The number of carbonyl (C=O) groups excluding carboxylic acids is 2. The van der Waals surface area contributed by atoms with Gasteiger partial charge in [-0.05, 0) is 18.6 Å². The summed E-state index contributed by atoms with van der Waals surface area (Å²) >= 11 is 5.64. The van der Waals surface area contributed by atoms with Crippen LogP contribution in [0, 0.1) is 0 Å². The SMILES string of the molecule is COC(=O)CC[C@@H](NC(=O)c1ccnc(Cl)c1)C(=O)O. The number of nitrogens with zero attached hydrogens (tertiary/aromatic N) is 1. The Hall–Kier alpha value is -2.15. The molecule has 0 aliphatic heterocycles. The molecular formula is C12H13ClN2O5. The summed E-state index contributed by atoms with van der Waals surface area (Å²) in [5, 5.41) is 11.4. The van der Waals surface area contributed by atoms with Crippen molar-refractivity contribution >= 4 is 29.4 Å². The van der Waals surface area contributed by atoms with Crippen LogP contribution in [0.4, 0.5) is 0 Å². The van der Waals surface area contributed by atoms with Crippen molar-refractivity contribution in [2.75, 3.05) is 7.11 Å². The number of carboxylic acids is 1. The van der Waals surface area contributed by atoms with Crippen LogP contribution in [-0.2, 0) is 14.3 Å². The molecule has 0 saturated carbocycles. The fourth-order valence-corrected chi connectivity index (χ4v) is 1.58. The van der Waals surface area contributed by atoms with Gasteiger partial charge in [-0.1, -0.05) is 11.6 Å². The van der Waals surface area contributed by atoms with Gasteiger partial charge in [0.2, 0.25) is 0 Å². The van der Waals surface area contributed by atoms with E-state index in [4.69, 9.17) is 16.7 Å². The molecule has 0 bridgehead atoms. The second-order valence-electron chi connectivity index (χ2n) is 3.85. The van der Waals surface area contributed by atoms with Crippen LogP contribution in [0.25, 0.3) is 0 Å². The highest BCUT2D eigenvalue weighted by molar-refractivity contribution is 6.29. The zero-order valence-corrected chi connectivity index (χ0v) is 11.4. The molecule has 0 aliphatic rings. The molecule has 7 nitrogen and oxygen atoms in total. The fraction of sp³-hybridized carbons (Fsp3) is 0.333. The second-order valence-corrected chi connectivity index (χ2v) is 4.23. The Morgan fingerprint density at radius 3 is 2.75 bits per heavy atom. The van der Waals surface area contributed by atoms with Gasteiger partial charge >= 0.3 is 11.9 Å². The number of ether oxygens (including phenoxy) is 1. The van der Waals surface area contributed by atoms with Gasteiger partial charge in [-0.2, -0.15) is 0 Å². The molecule has 0 unspecified atom stereocenters. The highest BCUT2D eigenvalue weighted by Gasteiger charge is 2.22. The largest absolute Gasteiger partial charge is 0.480 e. The lowest BCUT2D eigenvalue weighted by Crippen LogP contribution is -2.41. The van der Waals surface area contributed by atoms with Crippen molar-refractivity contribution in [1.29, 1.82) is 0 Å². The summed E-state index contributed by atoms with van der Waals surface area (Å²) in [5.74, 6) is -2.38. The predicted molar refractivity (Wildman–Crippen MR) is 69.4 cm³/mol. The van der Waals surface area contributed by atoms with Crippen LogP contribution in [0.3, 0.4) is 0 Å². The van der Waals surface area contributed by atoms with E-state index in [-0.39, 0.29) is 23.6 Å². The van der Waals surface area contributed by atoms with Gasteiger partial charge in [0, 0.05) is 18.2 Å². The molecule has 0 radical (unpaired) electrons. The monoisotopic (exact) mass is 300 g/mol. The van der Waals surface area contributed by atoms with Crippen molar-refractivity contribution in [1.82, 2.24) is 10.3 Å². The lowest BCUT2D eigenvalue weighted by atomic mass is 10.1. The Labute approximate surface area is 119 Å². The van der Waals surface area contributed by atoms with Crippen molar-refractivity contribution in [3.05, 3.63) is 29.0 Å². The first-order chi connectivity index (χ1) is 9.43. The van der Waals surface area contributed by atoms with E-state index in [0.29, 0.717) is 0 Å². The third-order valence-corrected chi connectivity index (χ3v) is 2.66. The van der Waals surface area contributed by atoms with Gasteiger partial charge in [-0.3, -0.25) is 9.59 Å². The number of halogens is 1. The van der Waals surface area contributed by atoms with Crippen LogP contribution >= 0.6 is 11.6 Å². The van der Waals surface area contributed by atoms with Crippen LogP contribution < -0.4 is 5.32 Å². The van der Waals surface area contributed by atoms with Gasteiger partial charge in [0.1, 0.15) is 11.2 Å². The van der Waals surface area contributed by atoms with E-state index in [9.17, 15) is 14.4 Å². The van der Waals surface area contributed by atoms with E-state index < -0.39 is 23.9 Å². The molecule has 8 heteroatoms. The number of hydrogen-bond acceptors (Lipinski definition) is 5. The number of amides is 1. The Kier molecular flexibility index (Phi) is 5.92. The number of esters is 1. The quantitative estimate of drug-likeness (QED) is 0.596. The van der Waals surface area contributed by atoms with Crippen molar-refractivity contribution in [3.63, 3.8) is 0 Å². The highest BCUT2D eigenvalue weighted by Crippen LogP contribution is 2.08. The molecule has 0 aromatic carbocycles. The summed E-state index contributed by atoms with van der Waals surface area (Å²) in [6.07, 6.45) is 1.17. The standard InChI is InChI=1S/C12H13ClN2O5/c1-20-10(16)3-2-8(12(18)19)15-11(17)7-4-5-14-9(13)6-7/h4-6,8H,2-3H2,1H3,(H,15,17)(H,18,19)/t8-/m1/s1. The molecule has 1 aromatic heterocycles. The van der Waals surface area contributed by atoms with Gasteiger partial charge in [0.25, 0.3) is 5.91 Å². The molecule has 2 N–H and O–H groups in total. The number of pyridine rings is 1. The first-order valence-corrected chi connectivity index (χ1v) is 6.04. The summed E-state index contributed by atoms with van der Waals surface area (Å²) in [7, 11) is 1.20. The topological polar surface area (TPSA) is 106 Å². The van der Waals surface area contributed by atoms with Crippen LogP contribution in [0.1, 0.15) is 23.2 Å². The van der Waals surface area contributed by atoms with Crippen LogP contribution in [0.5, 0.6) is 0 Å². The van der Waals surface area contributed by atoms with Gasteiger partial charge < -0.3 is 15.2 Å². The second kappa shape index (κ2) is 7.44. The summed E-state index contributed by atoms with van der Waals surface area (Å²) < 4.78 is 4.42. The number of nitrogens with one attached hydrogen (secondary N) is 1. The zero-order chi connectivity index (χ0) is 15.1. The van der Waals surface area contributed by atoms with E-state index in [1.165, 1.54) is 25.4 Å². The van der Waals surface area contributed by atoms with E-state index >= 15 is 0 Å². The molecule has 1 heterocycles. The normalized spacial score (nSPS) is 11.5. The minimum absolute atomic E-state index is 0.0629.